The predicted molar refractivity (Wildman–Crippen MR) is 103 cm³/mol. The normalized spacial score (nSPS) is 11.4. The summed E-state index contributed by atoms with van der Waals surface area (Å²) in [7, 11) is 2.71. The molecule has 0 aliphatic carbocycles. The molecular formula is C20H26O5Si. The lowest BCUT2D eigenvalue weighted by Gasteiger charge is -2.22. The first kappa shape index (κ1) is 20.2. The van der Waals surface area contributed by atoms with Crippen molar-refractivity contribution in [2.45, 2.75) is 25.4 Å². The van der Waals surface area contributed by atoms with E-state index in [1.807, 2.05) is 12.6 Å². The molecule has 2 aromatic rings. The van der Waals surface area contributed by atoms with Gasteiger partial charge in [-0.2, -0.15) is 0 Å². The molecule has 6 heteroatoms. The number of carbonyl (C=O) groups excluding carboxylic acids is 1. The highest BCUT2D eigenvalue weighted by Gasteiger charge is 2.28. The van der Waals surface area contributed by atoms with Crippen LogP contribution in [0.3, 0.4) is 0 Å². The van der Waals surface area contributed by atoms with Crippen LogP contribution in [0, 0.1) is 0 Å². The third kappa shape index (κ3) is 4.72. The summed E-state index contributed by atoms with van der Waals surface area (Å²) in [5.41, 5.74) is 1.72. The van der Waals surface area contributed by atoms with Gasteiger partial charge in [-0.3, -0.25) is 4.79 Å². The molecule has 0 spiro atoms. The average molecular weight is 375 g/mol. The molecule has 0 heterocycles. The molecule has 1 N–H and O–H groups in total. The number of hydrogen-bond donors (Lipinski definition) is 1. The molecular weight excluding hydrogens is 348 g/mol. The summed E-state index contributed by atoms with van der Waals surface area (Å²) in [5.74, 6) is -0.0467. The van der Waals surface area contributed by atoms with Gasteiger partial charge >= 0.3 is 8.56 Å². The Balaban J connectivity index is 2.25. The maximum Gasteiger partial charge on any atom is 0.334 e. The van der Waals surface area contributed by atoms with Gasteiger partial charge in [0.2, 0.25) is 0 Å². The number of methoxy groups -OCH3 is 1. The maximum absolute atomic E-state index is 12.8. The predicted octanol–water partition coefficient (Wildman–Crippen LogP) is 3.93. The van der Waals surface area contributed by atoms with Gasteiger partial charge in [-0.15, -0.1) is 0 Å². The van der Waals surface area contributed by atoms with Gasteiger partial charge in [0.05, 0.1) is 12.7 Å². The van der Waals surface area contributed by atoms with Crippen molar-refractivity contribution < 1.29 is 23.5 Å². The van der Waals surface area contributed by atoms with Crippen LogP contribution in [0.1, 0.15) is 27.9 Å². The summed E-state index contributed by atoms with van der Waals surface area (Å²) in [5, 5.41) is 10.4. The van der Waals surface area contributed by atoms with Crippen molar-refractivity contribution in [2.24, 2.45) is 0 Å². The van der Waals surface area contributed by atoms with Gasteiger partial charge in [0.1, 0.15) is 0 Å². The number of phenols is 1. The third-order valence-corrected chi connectivity index (χ3v) is 7.58. The Labute approximate surface area is 155 Å². The van der Waals surface area contributed by atoms with Crippen LogP contribution in [-0.2, 0) is 15.3 Å². The minimum atomic E-state index is -2.12. The monoisotopic (exact) mass is 374 g/mol. The summed E-state index contributed by atoms with van der Waals surface area (Å²) in [6.45, 7) is 2.02. The molecule has 0 radical (unpaired) electrons. The van der Waals surface area contributed by atoms with Gasteiger partial charge in [-0.05, 0) is 43.1 Å². The number of hydrogen-bond acceptors (Lipinski definition) is 5. The molecule has 140 valence electrons. The molecule has 0 amide bonds. The highest BCUT2D eigenvalue weighted by Crippen LogP contribution is 2.33. The van der Waals surface area contributed by atoms with E-state index < -0.39 is 8.56 Å². The van der Waals surface area contributed by atoms with Gasteiger partial charge < -0.3 is 18.7 Å². The van der Waals surface area contributed by atoms with E-state index in [9.17, 15) is 9.90 Å². The van der Waals surface area contributed by atoms with E-state index in [0.29, 0.717) is 11.3 Å². The topological polar surface area (TPSA) is 65.0 Å². The Bertz CT molecular complexity index is 741. The van der Waals surface area contributed by atoms with Gasteiger partial charge in [0.15, 0.2) is 17.3 Å². The molecule has 0 aromatic heterocycles. The zero-order valence-corrected chi connectivity index (χ0v) is 16.7. The number of aromatic hydroxyl groups is 1. The molecule has 2 aromatic carbocycles. The minimum absolute atomic E-state index is 0.127. The average Bonchev–Trinajstić information content (AvgIpc) is 2.68. The van der Waals surface area contributed by atoms with Crippen molar-refractivity contribution in [3.8, 4) is 11.5 Å². The lowest BCUT2D eigenvalue weighted by molar-refractivity contribution is 0.103. The van der Waals surface area contributed by atoms with E-state index in [0.717, 1.165) is 24.4 Å². The van der Waals surface area contributed by atoms with Crippen LogP contribution >= 0.6 is 0 Å². The fourth-order valence-electron chi connectivity index (χ4n) is 2.78. The van der Waals surface area contributed by atoms with Crippen LogP contribution in [0.4, 0.5) is 0 Å². The van der Waals surface area contributed by atoms with E-state index in [4.69, 9.17) is 13.6 Å². The molecule has 0 aliphatic rings. The molecule has 2 rings (SSSR count). The highest BCUT2D eigenvalue weighted by molar-refractivity contribution is 6.65. The Morgan fingerprint density at radius 2 is 1.73 bits per heavy atom. The van der Waals surface area contributed by atoms with Crippen molar-refractivity contribution >= 4 is 14.3 Å². The van der Waals surface area contributed by atoms with E-state index in [-0.39, 0.29) is 17.1 Å². The first-order chi connectivity index (χ1) is 12.4. The molecule has 0 fully saturated rings. The van der Waals surface area contributed by atoms with E-state index >= 15 is 0 Å². The van der Waals surface area contributed by atoms with Crippen molar-refractivity contribution in [2.75, 3.05) is 21.3 Å². The Hall–Kier alpha value is -2.15. The molecule has 0 saturated carbocycles. The summed E-state index contributed by atoms with van der Waals surface area (Å²) in [4.78, 5) is 12.8. The highest BCUT2D eigenvalue weighted by atomic mass is 28.4. The molecule has 0 atom stereocenters. The first-order valence-electron chi connectivity index (χ1n) is 8.54. The summed E-state index contributed by atoms with van der Waals surface area (Å²) < 4.78 is 16.3. The maximum atomic E-state index is 12.8. The number of benzene rings is 2. The minimum Gasteiger partial charge on any atom is -0.504 e. The van der Waals surface area contributed by atoms with Crippen LogP contribution in [0.15, 0.2) is 42.5 Å². The van der Waals surface area contributed by atoms with E-state index in [1.165, 1.54) is 7.11 Å². The number of phenolic OH excluding ortho intramolecular Hbond substituents is 1. The molecule has 26 heavy (non-hydrogen) atoms. The van der Waals surface area contributed by atoms with Crippen LogP contribution in [0.2, 0.25) is 12.6 Å². The van der Waals surface area contributed by atoms with Gasteiger partial charge in [-0.25, -0.2) is 0 Å². The third-order valence-electron chi connectivity index (χ3n) is 4.60. The zero-order chi connectivity index (χ0) is 19.2. The van der Waals surface area contributed by atoms with Crippen molar-refractivity contribution in [1.29, 1.82) is 0 Å². The number of rotatable bonds is 9. The number of aryl methyl sites for hydroxylation is 1. The van der Waals surface area contributed by atoms with E-state index in [2.05, 4.69) is 0 Å². The largest absolute Gasteiger partial charge is 0.504 e. The smallest absolute Gasteiger partial charge is 0.334 e. The fourth-order valence-corrected chi connectivity index (χ4v) is 4.18. The first-order valence-corrected chi connectivity index (χ1v) is 11.1. The van der Waals surface area contributed by atoms with Crippen molar-refractivity contribution in [1.82, 2.24) is 0 Å². The fraction of sp³-hybridized carbons (Fsp3) is 0.350. The van der Waals surface area contributed by atoms with Gasteiger partial charge in [0.25, 0.3) is 0 Å². The van der Waals surface area contributed by atoms with E-state index in [1.54, 1.807) is 50.6 Å². The van der Waals surface area contributed by atoms with Crippen LogP contribution in [0.5, 0.6) is 11.5 Å². The molecule has 0 unspecified atom stereocenters. The second kappa shape index (κ2) is 8.98. The van der Waals surface area contributed by atoms with Crippen LogP contribution < -0.4 is 4.74 Å². The summed E-state index contributed by atoms with van der Waals surface area (Å²) >= 11 is 0. The molecule has 0 aliphatic heterocycles. The number of ketones is 1. The lowest BCUT2D eigenvalue weighted by atomic mass is 9.98. The van der Waals surface area contributed by atoms with Crippen LogP contribution in [-0.4, -0.2) is 40.8 Å². The van der Waals surface area contributed by atoms with Gasteiger partial charge in [-0.1, -0.05) is 30.3 Å². The SMILES string of the molecule is COc1cc(CCC[Si](C)(OC)OC)cc(C(=O)c2ccccc2)c1O. The van der Waals surface area contributed by atoms with Crippen molar-refractivity contribution in [3.05, 3.63) is 59.2 Å². The molecule has 0 saturated heterocycles. The Kier molecular flexibility index (Phi) is 6.96. The standard InChI is InChI=1S/C20H26O5Si/c1-23-18-14-15(9-8-12-26(4,24-2)25-3)13-17(20(18)22)19(21)16-10-6-5-7-11-16/h5-7,10-11,13-14,22H,8-9,12H2,1-4H3. The summed E-state index contributed by atoms with van der Waals surface area (Å²) in [6.07, 6.45) is 1.60. The van der Waals surface area contributed by atoms with Crippen molar-refractivity contribution in [3.63, 3.8) is 0 Å². The van der Waals surface area contributed by atoms with Gasteiger partial charge in [0, 0.05) is 19.8 Å². The Morgan fingerprint density at radius 3 is 2.31 bits per heavy atom. The molecule has 0 bridgehead atoms. The van der Waals surface area contributed by atoms with Crippen LogP contribution in [0.25, 0.3) is 0 Å². The second-order valence-corrected chi connectivity index (χ2v) is 9.87. The zero-order valence-electron chi connectivity index (χ0n) is 15.7. The number of ether oxygens (including phenoxy) is 1. The lowest BCUT2D eigenvalue weighted by Crippen LogP contribution is -2.35. The molecule has 5 nitrogen and oxygen atoms in total. The second-order valence-electron chi connectivity index (χ2n) is 6.29. The quantitative estimate of drug-likeness (QED) is 0.532. The Morgan fingerprint density at radius 1 is 1.08 bits per heavy atom. The summed E-state index contributed by atoms with van der Waals surface area (Å²) in [6, 6.07) is 13.3. The number of carbonyl (C=O) groups is 1.